The van der Waals surface area contributed by atoms with E-state index in [1.807, 2.05) is 18.2 Å². The average Bonchev–Trinajstić information content (AvgIpc) is 3.34. The van der Waals surface area contributed by atoms with E-state index in [0.717, 1.165) is 31.6 Å². The van der Waals surface area contributed by atoms with Gasteiger partial charge in [-0.1, -0.05) is 18.2 Å². The van der Waals surface area contributed by atoms with Crippen molar-refractivity contribution in [2.24, 2.45) is 5.73 Å². The fourth-order valence-corrected chi connectivity index (χ4v) is 3.82. The lowest BCUT2D eigenvalue weighted by atomic mass is 10.1. The smallest absolute Gasteiger partial charge is 0.293 e. The van der Waals surface area contributed by atoms with E-state index in [0.29, 0.717) is 11.4 Å². The Morgan fingerprint density at radius 3 is 2.27 bits per heavy atom. The van der Waals surface area contributed by atoms with E-state index >= 15 is 0 Å². The third kappa shape index (κ3) is 4.93. The summed E-state index contributed by atoms with van der Waals surface area (Å²) in [7, 11) is 0. The van der Waals surface area contributed by atoms with Crippen molar-refractivity contribution in [1.29, 1.82) is 0 Å². The first kappa shape index (κ1) is 21.8. The molecule has 9 nitrogen and oxygen atoms in total. The van der Waals surface area contributed by atoms with Crippen molar-refractivity contribution in [3.05, 3.63) is 88.0 Å². The number of benzene rings is 3. The lowest BCUT2D eigenvalue weighted by Crippen LogP contribution is -2.22. The molecule has 3 aromatic rings. The fourth-order valence-electron chi connectivity index (χ4n) is 3.82. The predicted octanol–water partition coefficient (Wildman–Crippen LogP) is 4.29. The maximum atomic E-state index is 13.0. The number of nitro groups is 1. The van der Waals surface area contributed by atoms with Gasteiger partial charge in [0.15, 0.2) is 0 Å². The zero-order chi connectivity index (χ0) is 23.4. The number of hydrogen-bond acceptors (Lipinski definition) is 6. The van der Waals surface area contributed by atoms with Crippen molar-refractivity contribution in [2.45, 2.75) is 12.8 Å². The molecule has 1 saturated heterocycles. The summed E-state index contributed by atoms with van der Waals surface area (Å²) in [5.41, 5.74) is 7.76. The lowest BCUT2D eigenvalue weighted by molar-refractivity contribution is -0.383. The molecule has 0 radical (unpaired) electrons. The molecule has 0 spiro atoms. The van der Waals surface area contributed by atoms with Crippen LogP contribution in [0, 0.1) is 10.1 Å². The van der Waals surface area contributed by atoms with Gasteiger partial charge in [0.25, 0.3) is 11.6 Å². The van der Waals surface area contributed by atoms with Crippen LogP contribution in [0.15, 0.2) is 66.7 Å². The lowest BCUT2D eigenvalue weighted by Gasteiger charge is -2.22. The van der Waals surface area contributed by atoms with E-state index in [2.05, 4.69) is 15.5 Å². The maximum absolute atomic E-state index is 13.0. The van der Waals surface area contributed by atoms with Crippen molar-refractivity contribution in [3.63, 3.8) is 0 Å². The number of nitrogens with one attached hydrogen (secondary N) is 2. The minimum Gasteiger partial charge on any atom is -0.370 e. The standard InChI is InChI=1S/C24H23N5O4/c25-23(30)16-9-11-21(28-12-4-5-13-28)20(14-16)27-24(31)17-8-10-19(22(15-17)29(32)33)26-18-6-2-1-3-7-18/h1-3,6-11,14-15,26H,4-5,12-13H2,(H2,25,30)(H,27,31). The number of carbonyl (C=O) groups excluding carboxylic acids is 2. The van der Waals surface area contributed by atoms with E-state index < -0.39 is 16.7 Å². The van der Waals surface area contributed by atoms with E-state index in [1.165, 1.54) is 24.3 Å². The third-order valence-electron chi connectivity index (χ3n) is 5.49. The van der Waals surface area contributed by atoms with Gasteiger partial charge < -0.3 is 21.3 Å². The molecule has 4 rings (SSSR count). The molecular formula is C24H23N5O4. The van der Waals surface area contributed by atoms with Gasteiger partial charge in [-0.25, -0.2) is 0 Å². The Bertz CT molecular complexity index is 1210. The van der Waals surface area contributed by atoms with Gasteiger partial charge in [0.05, 0.1) is 16.3 Å². The van der Waals surface area contributed by atoms with Crippen LogP contribution in [-0.4, -0.2) is 29.8 Å². The van der Waals surface area contributed by atoms with Gasteiger partial charge in [0.1, 0.15) is 5.69 Å². The Labute approximate surface area is 190 Å². The summed E-state index contributed by atoms with van der Waals surface area (Å²) in [6.07, 6.45) is 2.07. The molecule has 0 saturated carbocycles. The molecule has 0 aliphatic carbocycles. The van der Waals surface area contributed by atoms with E-state index in [-0.39, 0.29) is 22.5 Å². The van der Waals surface area contributed by atoms with Crippen LogP contribution in [0.4, 0.5) is 28.4 Å². The Balaban J connectivity index is 1.63. The molecule has 1 aliphatic heterocycles. The Hall–Kier alpha value is -4.40. The van der Waals surface area contributed by atoms with Crippen molar-refractivity contribution in [3.8, 4) is 0 Å². The second kappa shape index (κ2) is 9.39. The molecule has 3 aromatic carbocycles. The third-order valence-corrected chi connectivity index (χ3v) is 5.49. The van der Waals surface area contributed by atoms with E-state index in [1.54, 1.807) is 24.3 Å². The SMILES string of the molecule is NC(=O)c1ccc(N2CCCC2)c(NC(=O)c2ccc(Nc3ccccc3)c([N+](=O)[O-])c2)c1. The number of nitrogens with zero attached hydrogens (tertiary/aromatic N) is 2. The highest BCUT2D eigenvalue weighted by Gasteiger charge is 2.21. The first-order chi connectivity index (χ1) is 15.9. The molecule has 2 amide bonds. The Kier molecular flexibility index (Phi) is 6.21. The van der Waals surface area contributed by atoms with Gasteiger partial charge in [0.2, 0.25) is 5.91 Å². The van der Waals surface area contributed by atoms with Gasteiger partial charge in [-0.05, 0) is 55.3 Å². The second-order valence-electron chi connectivity index (χ2n) is 7.72. The summed E-state index contributed by atoms with van der Waals surface area (Å²) in [4.78, 5) is 37.9. The molecule has 1 fully saturated rings. The number of nitrogens with two attached hydrogens (primary N) is 1. The number of anilines is 4. The molecule has 0 atom stereocenters. The van der Waals surface area contributed by atoms with Gasteiger partial charge >= 0.3 is 0 Å². The van der Waals surface area contributed by atoms with Crippen LogP contribution >= 0.6 is 0 Å². The van der Waals surface area contributed by atoms with Crippen LogP contribution in [0.1, 0.15) is 33.6 Å². The molecule has 0 aromatic heterocycles. The predicted molar refractivity (Wildman–Crippen MR) is 127 cm³/mol. The Morgan fingerprint density at radius 1 is 0.909 bits per heavy atom. The van der Waals surface area contributed by atoms with Crippen molar-refractivity contribution >= 4 is 40.3 Å². The molecule has 168 valence electrons. The number of hydrogen-bond donors (Lipinski definition) is 3. The number of nitro benzene ring substituents is 1. The van der Waals surface area contributed by atoms with Crippen molar-refractivity contribution < 1.29 is 14.5 Å². The quantitative estimate of drug-likeness (QED) is 0.367. The van der Waals surface area contributed by atoms with Crippen LogP contribution in [0.25, 0.3) is 0 Å². The molecule has 0 unspecified atom stereocenters. The highest BCUT2D eigenvalue weighted by atomic mass is 16.6. The number of carbonyl (C=O) groups is 2. The van der Waals surface area contributed by atoms with Crippen molar-refractivity contribution in [1.82, 2.24) is 0 Å². The van der Waals surface area contributed by atoms with Gasteiger partial charge in [-0.3, -0.25) is 19.7 Å². The monoisotopic (exact) mass is 445 g/mol. The zero-order valence-corrected chi connectivity index (χ0v) is 17.8. The van der Waals surface area contributed by atoms with Gasteiger partial charge in [0, 0.05) is 36.0 Å². The first-order valence-corrected chi connectivity index (χ1v) is 10.5. The summed E-state index contributed by atoms with van der Waals surface area (Å²) in [5.74, 6) is -1.13. The van der Waals surface area contributed by atoms with E-state index in [9.17, 15) is 19.7 Å². The van der Waals surface area contributed by atoms with E-state index in [4.69, 9.17) is 5.73 Å². The molecular weight excluding hydrogens is 422 g/mol. The van der Waals surface area contributed by atoms with Crippen LogP contribution in [0.5, 0.6) is 0 Å². The highest BCUT2D eigenvalue weighted by Crippen LogP contribution is 2.32. The molecule has 0 bridgehead atoms. The minimum atomic E-state index is -0.606. The van der Waals surface area contributed by atoms with Gasteiger partial charge in [-0.15, -0.1) is 0 Å². The van der Waals surface area contributed by atoms with Crippen LogP contribution in [-0.2, 0) is 0 Å². The first-order valence-electron chi connectivity index (χ1n) is 10.5. The zero-order valence-electron chi connectivity index (χ0n) is 17.8. The van der Waals surface area contributed by atoms with Crippen LogP contribution < -0.4 is 21.3 Å². The summed E-state index contributed by atoms with van der Waals surface area (Å²) < 4.78 is 0. The molecule has 4 N–H and O–H groups in total. The number of primary amides is 1. The van der Waals surface area contributed by atoms with Crippen molar-refractivity contribution in [2.75, 3.05) is 28.6 Å². The highest BCUT2D eigenvalue weighted by molar-refractivity contribution is 6.07. The number of rotatable bonds is 7. The van der Waals surface area contributed by atoms with Crippen LogP contribution in [0.2, 0.25) is 0 Å². The summed E-state index contributed by atoms with van der Waals surface area (Å²) >= 11 is 0. The number of amides is 2. The molecule has 1 aliphatic rings. The maximum Gasteiger partial charge on any atom is 0.293 e. The summed E-state index contributed by atoms with van der Waals surface area (Å²) in [6.45, 7) is 1.67. The Morgan fingerprint density at radius 2 is 1.61 bits per heavy atom. The average molecular weight is 445 g/mol. The number of para-hydroxylation sites is 1. The second-order valence-corrected chi connectivity index (χ2v) is 7.72. The molecule has 9 heteroatoms. The summed E-state index contributed by atoms with van der Waals surface area (Å²) in [6, 6.07) is 18.2. The molecule has 1 heterocycles. The summed E-state index contributed by atoms with van der Waals surface area (Å²) in [5, 5.41) is 17.5. The normalized spacial score (nSPS) is 12.9. The topological polar surface area (TPSA) is 131 Å². The molecule has 33 heavy (non-hydrogen) atoms. The van der Waals surface area contributed by atoms with Crippen LogP contribution in [0.3, 0.4) is 0 Å². The largest absolute Gasteiger partial charge is 0.370 e. The van der Waals surface area contributed by atoms with Gasteiger partial charge in [-0.2, -0.15) is 0 Å². The minimum absolute atomic E-state index is 0.122. The fraction of sp³-hybridized carbons (Fsp3) is 0.167.